The van der Waals surface area contributed by atoms with Crippen molar-refractivity contribution in [1.82, 2.24) is 9.88 Å². The zero-order valence-corrected chi connectivity index (χ0v) is 21.4. The van der Waals surface area contributed by atoms with Crippen molar-refractivity contribution >= 4 is 5.91 Å². The molecule has 186 valence electrons. The minimum atomic E-state index is -0.0979. The van der Waals surface area contributed by atoms with E-state index in [1.807, 2.05) is 6.07 Å². The molecule has 1 aliphatic carbocycles. The molecule has 1 saturated carbocycles. The molecule has 6 heteroatoms. The molecular weight excluding hydrogens is 428 g/mol. The number of nitrogens with one attached hydrogen (secondary N) is 1. The van der Waals surface area contributed by atoms with Gasteiger partial charge in [0.2, 0.25) is 0 Å². The summed E-state index contributed by atoms with van der Waals surface area (Å²) in [6.45, 7) is 11.0. The Bertz CT molecular complexity index is 995. The third-order valence-corrected chi connectivity index (χ3v) is 7.17. The van der Waals surface area contributed by atoms with Crippen LogP contribution in [-0.4, -0.2) is 43.6 Å². The number of nitrogens with zero attached hydrogens (tertiary/aromatic N) is 1. The summed E-state index contributed by atoms with van der Waals surface area (Å²) in [5, 5.41) is 3.13. The molecule has 1 aromatic carbocycles. The number of carbonyl (C=O) groups is 1. The molecule has 4 rings (SSSR count). The summed E-state index contributed by atoms with van der Waals surface area (Å²) in [4.78, 5) is 13.1. The SMILES string of the molecule is COCOc1ccc(-c2cc(C(=O)NC3COC3)c(C)n2CC2CCCCC2)cc1C(C)(C)C. The first-order chi connectivity index (χ1) is 16.3. The van der Waals surface area contributed by atoms with Gasteiger partial charge in [-0.3, -0.25) is 4.79 Å². The number of aromatic nitrogens is 1. The predicted octanol–water partition coefficient (Wildman–Crippen LogP) is 5.45. The van der Waals surface area contributed by atoms with E-state index in [-0.39, 0.29) is 24.2 Å². The number of rotatable bonds is 8. The topological polar surface area (TPSA) is 61.7 Å². The molecule has 1 aliphatic heterocycles. The largest absolute Gasteiger partial charge is 0.467 e. The Kier molecular flexibility index (Phi) is 7.68. The fraction of sp³-hybridized carbons (Fsp3) is 0.607. The highest BCUT2D eigenvalue weighted by Crippen LogP contribution is 2.37. The summed E-state index contributed by atoms with van der Waals surface area (Å²) < 4.78 is 18.6. The van der Waals surface area contributed by atoms with Crippen LogP contribution in [0.3, 0.4) is 0 Å². The Balaban J connectivity index is 1.73. The first kappa shape index (κ1) is 24.8. The van der Waals surface area contributed by atoms with Crippen LogP contribution < -0.4 is 10.1 Å². The second-order valence-electron chi connectivity index (χ2n) is 10.9. The van der Waals surface area contributed by atoms with Crippen molar-refractivity contribution in [2.45, 2.75) is 77.8 Å². The zero-order valence-electron chi connectivity index (χ0n) is 21.4. The maximum atomic E-state index is 13.1. The molecule has 0 radical (unpaired) electrons. The molecule has 2 aliphatic rings. The molecule has 1 aromatic heterocycles. The first-order valence-corrected chi connectivity index (χ1v) is 12.6. The van der Waals surface area contributed by atoms with Crippen molar-refractivity contribution in [3.8, 4) is 17.0 Å². The van der Waals surface area contributed by atoms with E-state index in [2.05, 4.69) is 55.8 Å². The van der Waals surface area contributed by atoms with Crippen LogP contribution in [0, 0.1) is 12.8 Å². The van der Waals surface area contributed by atoms with Crippen molar-refractivity contribution in [2.75, 3.05) is 27.1 Å². The van der Waals surface area contributed by atoms with Gasteiger partial charge >= 0.3 is 0 Å². The lowest BCUT2D eigenvalue weighted by molar-refractivity contribution is -0.00347. The van der Waals surface area contributed by atoms with Gasteiger partial charge in [0.15, 0.2) is 6.79 Å². The van der Waals surface area contributed by atoms with Crippen molar-refractivity contribution in [3.63, 3.8) is 0 Å². The van der Waals surface area contributed by atoms with Crippen LogP contribution in [0.25, 0.3) is 11.3 Å². The third kappa shape index (κ3) is 5.49. The second kappa shape index (κ2) is 10.5. The summed E-state index contributed by atoms with van der Waals surface area (Å²) in [5.74, 6) is 1.48. The molecule has 6 nitrogen and oxygen atoms in total. The minimum absolute atomic E-state index is 0.00876. The maximum absolute atomic E-state index is 13.1. The first-order valence-electron chi connectivity index (χ1n) is 12.6. The lowest BCUT2D eigenvalue weighted by atomic mass is 9.85. The van der Waals surface area contributed by atoms with E-state index in [0.717, 1.165) is 40.4 Å². The van der Waals surface area contributed by atoms with Gasteiger partial charge in [-0.1, -0.05) is 40.0 Å². The highest BCUT2D eigenvalue weighted by atomic mass is 16.7. The lowest BCUT2D eigenvalue weighted by Gasteiger charge is -2.27. The van der Waals surface area contributed by atoms with Crippen LogP contribution in [0.4, 0.5) is 0 Å². The molecule has 0 bridgehead atoms. The Labute approximate surface area is 204 Å². The summed E-state index contributed by atoms with van der Waals surface area (Å²) in [7, 11) is 1.63. The molecule has 0 atom stereocenters. The van der Waals surface area contributed by atoms with E-state index in [1.54, 1.807) is 7.11 Å². The smallest absolute Gasteiger partial charge is 0.253 e. The van der Waals surface area contributed by atoms with E-state index in [9.17, 15) is 4.79 Å². The van der Waals surface area contributed by atoms with Gasteiger partial charge in [0.25, 0.3) is 5.91 Å². The molecule has 1 saturated heterocycles. The number of amides is 1. The number of methoxy groups -OCH3 is 1. The molecule has 2 fully saturated rings. The number of hydrogen-bond acceptors (Lipinski definition) is 4. The minimum Gasteiger partial charge on any atom is -0.467 e. The molecule has 2 aromatic rings. The second-order valence-corrected chi connectivity index (χ2v) is 10.9. The average molecular weight is 469 g/mol. The predicted molar refractivity (Wildman–Crippen MR) is 134 cm³/mol. The Morgan fingerprint density at radius 3 is 2.50 bits per heavy atom. The fourth-order valence-electron chi connectivity index (χ4n) is 5.08. The summed E-state index contributed by atoms with van der Waals surface area (Å²) in [6.07, 6.45) is 6.46. The fourth-order valence-corrected chi connectivity index (χ4v) is 5.08. The van der Waals surface area contributed by atoms with E-state index in [4.69, 9.17) is 14.2 Å². The quantitative estimate of drug-likeness (QED) is 0.523. The highest BCUT2D eigenvalue weighted by Gasteiger charge is 2.27. The Hall–Kier alpha value is -2.31. The molecular formula is C28H40N2O4. The van der Waals surface area contributed by atoms with Crippen molar-refractivity contribution in [1.29, 1.82) is 0 Å². The Morgan fingerprint density at radius 1 is 1.15 bits per heavy atom. The average Bonchev–Trinajstić information content (AvgIpc) is 3.11. The van der Waals surface area contributed by atoms with Crippen LogP contribution >= 0.6 is 0 Å². The van der Waals surface area contributed by atoms with Gasteiger partial charge in [0, 0.05) is 30.6 Å². The van der Waals surface area contributed by atoms with Gasteiger partial charge in [-0.25, -0.2) is 0 Å². The summed E-state index contributed by atoms with van der Waals surface area (Å²) >= 11 is 0. The van der Waals surface area contributed by atoms with Crippen molar-refractivity contribution < 1.29 is 19.0 Å². The van der Waals surface area contributed by atoms with E-state index >= 15 is 0 Å². The molecule has 0 spiro atoms. The Morgan fingerprint density at radius 2 is 1.88 bits per heavy atom. The van der Waals surface area contributed by atoms with Gasteiger partial charge in [-0.2, -0.15) is 0 Å². The standard InChI is InChI=1S/C28H40N2O4/c1-19-23(27(31)29-22-16-33-17-22)14-25(30(19)15-20-9-7-6-8-10-20)21-11-12-26(34-18-32-5)24(13-21)28(2,3)4/h11-14,20,22H,6-10,15-18H2,1-5H3,(H,29,31). The zero-order chi connectivity index (χ0) is 24.3. The molecule has 1 N–H and O–H groups in total. The van der Waals surface area contributed by atoms with Crippen molar-refractivity contribution in [2.24, 2.45) is 5.92 Å². The third-order valence-electron chi connectivity index (χ3n) is 7.17. The number of benzene rings is 1. The van der Waals surface area contributed by atoms with Crippen LogP contribution in [0.1, 0.15) is 74.5 Å². The molecule has 34 heavy (non-hydrogen) atoms. The van der Waals surface area contributed by atoms with E-state index in [0.29, 0.717) is 19.1 Å². The molecule has 2 heterocycles. The van der Waals surface area contributed by atoms with Gasteiger partial charge in [0.05, 0.1) is 24.8 Å². The number of carbonyl (C=O) groups excluding carboxylic acids is 1. The van der Waals surface area contributed by atoms with Crippen LogP contribution in [-0.2, 0) is 21.4 Å². The van der Waals surface area contributed by atoms with Crippen LogP contribution in [0.15, 0.2) is 24.3 Å². The van der Waals surface area contributed by atoms with E-state index < -0.39 is 0 Å². The number of ether oxygens (including phenoxy) is 3. The monoisotopic (exact) mass is 468 g/mol. The van der Waals surface area contributed by atoms with Gasteiger partial charge in [-0.05, 0) is 60.9 Å². The number of hydrogen-bond donors (Lipinski definition) is 1. The molecule has 0 unspecified atom stereocenters. The van der Waals surface area contributed by atoms with Crippen LogP contribution in [0.5, 0.6) is 5.75 Å². The van der Waals surface area contributed by atoms with Gasteiger partial charge in [0.1, 0.15) is 5.75 Å². The summed E-state index contributed by atoms with van der Waals surface area (Å²) in [6, 6.07) is 8.55. The normalized spacial score (nSPS) is 17.4. The highest BCUT2D eigenvalue weighted by molar-refractivity contribution is 5.97. The summed E-state index contributed by atoms with van der Waals surface area (Å²) in [5.41, 5.74) is 5.04. The van der Waals surface area contributed by atoms with Crippen LogP contribution in [0.2, 0.25) is 0 Å². The van der Waals surface area contributed by atoms with Crippen molar-refractivity contribution in [3.05, 3.63) is 41.1 Å². The van der Waals surface area contributed by atoms with E-state index in [1.165, 1.54) is 32.1 Å². The van der Waals surface area contributed by atoms with Gasteiger partial charge in [-0.15, -0.1) is 0 Å². The lowest BCUT2D eigenvalue weighted by Crippen LogP contribution is -2.48. The maximum Gasteiger partial charge on any atom is 0.253 e. The van der Waals surface area contributed by atoms with Gasteiger partial charge < -0.3 is 24.1 Å². The molecule has 1 amide bonds.